The highest BCUT2D eigenvalue weighted by atomic mass is 32.2. The largest absolute Gasteiger partial charge is 0.497 e. The molecule has 0 atom stereocenters. The van der Waals surface area contributed by atoms with E-state index in [1.165, 1.54) is 23.5 Å². The van der Waals surface area contributed by atoms with Gasteiger partial charge in [0.2, 0.25) is 21.8 Å². The number of methoxy groups -OCH3 is 1. The monoisotopic (exact) mass is 646 g/mol. The lowest BCUT2D eigenvalue weighted by Crippen LogP contribution is -2.28. The summed E-state index contributed by atoms with van der Waals surface area (Å²) >= 11 is 0. The Hall–Kier alpha value is -4.84. The summed E-state index contributed by atoms with van der Waals surface area (Å²) in [5, 5.41) is 12.9. The van der Waals surface area contributed by atoms with Crippen LogP contribution in [0.4, 0.5) is 10.1 Å². The van der Waals surface area contributed by atoms with Crippen LogP contribution < -0.4 is 13.8 Å². The minimum atomic E-state index is -3.76. The van der Waals surface area contributed by atoms with Crippen LogP contribution >= 0.6 is 0 Å². The molecule has 1 aliphatic heterocycles. The second kappa shape index (κ2) is 12.5. The Morgan fingerprint density at radius 1 is 1.02 bits per heavy atom. The molecule has 1 fully saturated rings. The van der Waals surface area contributed by atoms with Gasteiger partial charge in [0.1, 0.15) is 23.7 Å². The lowest BCUT2D eigenvalue weighted by atomic mass is 10.0. The Morgan fingerprint density at radius 2 is 1.74 bits per heavy atom. The van der Waals surface area contributed by atoms with Crippen LogP contribution in [0.3, 0.4) is 0 Å². The van der Waals surface area contributed by atoms with Gasteiger partial charge in [-0.25, -0.2) is 12.8 Å². The van der Waals surface area contributed by atoms with Crippen LogP contribution in [-0.4, -0.2) is 67.4 Å². The highest BCUT2D eigenvalue weighted by molar-refractivity contribution is 7.92. The first-order valence-corrected chi connectivity index (χ1v) is 16.8. The zero-order valence-electron chi connectivity index (χ0n) is 25.9. The first-order valence-electron chi connectivity index (χ1n) is 14.9. The van der Waals surface area contributed by atoms with Gasteiger partial charge >= 0.3 is 0 Å². The number of aromatic hydroxyl groups is 1. The molecule has 2 aromatic heterocycles. The van der Waals surface area contributed by atoms with E-state index in [-0.39, 0.29) is 24.2 Å². The molecule has 1 amide bonds. The third-order valence-electron chi connectivity index (χ3n) is 8.40. The molecule has 3 aromatic carbocycles. The van der Waals surface area contributed by atoms with Gasteiger partial charge in [0.05, 0.1) is 24.4 Å². The molecule has 0 aliphatic carbocycles. The normalized spacial score (nSPS) is 13.6. The van der Waals surface area contributed by atoms with Gasteiger partial charge < -0.3 is 24.0 Å². The molecular weight excluding hydrogens is 611 g/mol. The van der Waals surface area contributed by atoms with Gasteiger partial charge in [-0.2, -0.15) is 0 Å². The fourth-order valence-electron chi connectivity index (χ4n) is 5.88. The third-order valence-corrected chi connectivity index (χ3v) is 9.58. The summed E-state index contributed by atoms with van der Waals surface area (Å²) in [6.07, 6.45) is 6.22. The molecule has 1 N–H and O–H groups in total. The molecule has 1 aliphatic rings. The maximum absolute atomic E-state index is 13.6. The van der Waals surface area contributed by atoms with E-state index in [9.17, 15) is 22.7 Å². The molecule has 0 spiro atoms. The number of halogens is 1. The Bertz CT molecular complexity index is 2030. The molecule has 0 radical (unpaired) electrons. The van der Waals surface area contributed by atoms with E-state index >= 15 is 0 Å². The van der Waals surface area contributed by atoms with Crippen LogP contribution in [0.1, 0.15) is 29.5 Å². The van der Waals surface area contributed by atoms with E-state index in [1.807, 2.05) is 30.3 Å². The number of likely N-dealkylation sites (tertiary alicyclic amines) is 1. The van der Waals surface area contributed by atoms with Crippen LogP contribution in [0.25, 0.3) is 21.7 Å². The summed E-state index contributed by atoms with van der Waals surface area (Å²) in [7, 11) is -0.705. The Labute approximate surface area is 266 Å². The maximum Gasteiger partial charge on any atom is 0.232 e. The molecular formula is C34H35FN4O6S. The van der Waals surface area contributed by atoms with E-state index in [1.54, 1.807) is 41.1 Å². The predicted octanol–water partition coefficient (Wildman–Crippen LogP) is 5.23. The second-order valence-corrected chi connectivity index (χ2v) is 13.5. The van der Waals surface area contributed by atoms with Crippen LogP contribution in [0.2, 0.25) is 0 Å². The van der Waals surface area contributed by atoms with Crippen molar-refractivity contribution in [2.24, 2.45) is 0 Å². The van der Waals surface area contributed by atoms with E-state index in [4.69, 9.17) is 14.5 Å². The summed E-state index contributed by atoms with van der Waals surface area (Å²) in [5.41, 5.74) is 3.19. The molecule has 6 rings (SSSR count). The van der Waals surface area contributed by atoms with Crippen molar-refractivity contribution in [1.82, 2.24) is 14.5 Å². The van der Waals surface area contributed by atoms with E-state index < -0.39 is 10.0 Å². The van der Waals surface area contributed by atoms with Crippen LogP contribution in [-0.2, 0) is 34.4 Å². The number of anilines is 1. The summed E-state index contributed by atoms with van der Waals surface area (Å²) in [4.78, 5) is 18.8. The first kappa shape index (κ1) is 31.2. The lowest BCUT2D eigenvalue weighted by molar-refractivity contribution is -0.127. The van der Waals surface area contributed by atoms with Crippen molar-refractivity contribution in [3.8, 4) is 17.4 Å². The number of sulfonamides is 1. The molecule has 0 bridgehead atoms. The average molecular weight is 647 g/mol. The highest BCUT2D eigenvalue weighted by Gasteiger charge is 2.28. The number of rotatable bonds is 11. The quantitative estimate of drug-likeness (QED) is 0.209. The van der Waals surface area contributed by atoms with E-state index in [0.717, 1.165) is 29.4 Å². The number of carbonyl (C=O) groups is 1. The van der Waals surface area contributed by atoms with Crippen molar-refractivity contribution in [2.75, 3.05) is 37.8 Å². The maximum atomic E-state index is 13.6. The Balaban J connectivity index is 1.53. The second-order valence-electron chi connectivity index (χ2n) is 11.5. The number of nitrogens with zero attached hydrogens (tertiary/aromatic N) is 4. The highest BCUT2D eigenvalue weighted by Crippen LogP contribution is 2.47. The number of amides is 1. The van der Waals surface area contributed by atoms with Crippen LogP contribution in [0.15, 0.2) is 67.0 Å². The molecule has 10 nitrogen and oxygen atoms in total. The van der Waals surface area contributed by atoms with E-state index in [2.05, 4.69) is 0 Å². The van der Waals surface area contributed by atoms with Crippen molar-refractivity contribution in [3.63, 3.8) is 0 Å². The van der Waals surface area contributed by atoms with Crippen molar-refractivity contribution in [3.05, 3.63) is 89.5 Å². The van der Waals surface area contributed by atoms with Crippen LogP contribution in [0.5, 0.6) is 17.4 Å². The standard InChI is InChI=1S/C34H35FN4O6S/c1-37(46(3,42)43)32-27-18-24(17-22-6-10-25(35)11-7-22)19-36-31(27)33(45-21-23-8-12-26(44-2)13-9-23)30-28(32)20-39(34(30)41)16-15-38-14-4-5-29(38)40/h6-13,18-20,41H,4-5,14-17,21H2,1-3H3. The average Bonchev–Trinajstić information content (AvgIpc) is 3.60. The molecule has 240 valence electrons. The minimum Gasteiger partial charge on any atom is -0.497 e. The van der Waals surface area contributed by atoms with Gasteiger partial charge in [0, 0.05) is 56.3 Å². The van der Waals surface area contributed by atoms with Gasteiger partial charge in [-0.15, -0.1) is 0 Å². The number of ether oxygens (including phenoxy) is 2. The zero-order chi connectivity index (χ0) is 32.6. The number of hydrogen-bond donors (Lipinski definition) is 1. The van der Waals surface area contributed by atoms with Crippen molar-refractivity contribution >= 4 is 43.3 Å². The zero-order valence-corrected chi connectivity index (χ0v) is 26.7. The SMILES string of the molecule is COc1ccc(COc2c3ncc(Cc4ccc(F)cc4)cc3c(N(C)S(C)(=O)=O)c3cn(CCN4CCCC4=O)c(O)c23)cc1. The summed E-state index contributed by atoms with van der Waals surface area (Å²) < 4.78 is 54.1. The fraction of sp³-hybridized carbons (Fsp3) is 0.294. The number of pyridine rings is 1. The molecule has 0 saturated carbocycles. The van der Waals surface area contributed by atoms with Gasteiger partial charge in [-0.3, -0.25) is 14.1 Å². The molecule has 3 heterocycles. The summed E-state index contributed by atoms with van der Waals surface area (Å²) in [5.74, 6) is 0.617. The molecule has 0 unspecified atom stereocenters. The summed E-state index contributed by atoms with van der Waals surface area (Å²) in [6, 6.07) is 15.4. The smallest absolute Gasteiger partial charge is 0.232 e. The molecule has 1 saturated heterocycles. The van der Waals surface area contributed by atoms with Gasteiger partial charge in [-0.05, 0) is 59.9 Å². The number of fused-ring (bicyclic) bond motifs is 2. The Morgan fingerprint density at radius 3 is 2.39 bits per heavy atom. The van der Waals surface area contributed by atoms with Crippen molar-refractivity contribution in [1.29, 1.82) is 0 Å². The molecule has 12 heteroatoms. The predicted molar refractivity (Wildman–Crippen MR) is 174 cm³/mol. The summed E-state index contributed by atoms with van der Waals surface area (Å²) in [6.45, 7) is 1.49. The van der Waals surface area contributed by atoms with Gasteiger partial charge in [0.25, 0.3) is 0 Å². The topological polar surface area (TPSA) is 114 Å². The minimum absolute atomic E-state index is 0.0702. The van der Waals surface area contributed by atoms with Crippen molar-refractivity contribution in [2.45, 2.75) is 32.4 Å². The van der Waals surface area contributed by atoms with Crippen molar-refractivity contribution < 1.29 is 32.2 Å². The number of hydrogen-bond acceptors (Lipinski definition) is 7. The number of carbonyl (C=O) groups excluding carboxylic acids is 1. The Kier molecular flexibility index (Phi) is 8.47. The number of aromatic nitrogens is 2. The van der Waals surface area contributed by atoms with Gasteiger partial charge in [0.15, 0.2) is 5.75 Å². The van der Waals surface area contributed by atoms with Gasteiger partial charge in [-0.1, -0.05) is 24.3 Å². The number of benzene rings is 3. The first-order chi connectivity index (χ1) is 22.0. The fourth-order valence-corrected chi connectivity index (χ4v) is 6.41. The lowest BCUT2D eigenvalue weighted by Gasteiger charge is -2.22. The molecule has 46 heavy (non-hydrogen) atoms. The van der Waals surface area contributed by atoms with E-state index in [0.29, 0.717) is 71.3 Å². The third kappa shape index (κ3) is 6.17. The van der Waals surface area contributed by atoms with Crippen LogP contribution in [0, 0.1) is 5.82 Å². The molecule has 5 aromatic rings.